The molecule has 0 N–H and O–H groups in total. The van der Waals surface area contributed by atoms with Gasteiger partial charge in [0.05, 0.1) is 4.53 Å². The summed E-state index contributed by atoms with van der Waals surface area (Å²) < 4.78 is 2.45. The lowest BCUT2D eigenvalue weighted by molar-refractivity contribution is 0.569. The molecule has 0 amide bonds. The van der Waals surface area contributed by atoms with Gasteiger partial charge in [-0.15, -0.1) is 0 Å². The van der Waals surface area contributed by atoms with Gasteiger partial charge in [0, 0.05) is 18.1 Å². The molecule has 1 aliphatic heterocycles. The summed E-state index contributed by atoms with van der Waals surface area (Å²) in [6.45, 7) is 5.30. The van der Waals surface area contributed by atoms with E-state index < -0.39 is 0 Å². The molecule has 2 aromatic heterocycles. The van der Waals surface area contributed by atoms with Crippen molar-refractivity contribution in [3.05, 3.63) is 79.1 Å². The Labute approximate surface area is 149 Å². The molecule has 0 saturated heterocycles. The fraction of sp³-hybridized carbons (Fsp3) is 0.211. The average Bonchev–Trinajstić information content (AvgIpc) is 2.94. The van der Waals surface area contributed by atoms with Gasteiger partial charge in [0.1, 0.15) is 13.3 Å². The largest absolute Gasteiger partial charge is 0.334 e. The minimum Gasteiger partial charge on any atom is -0.334 e. The second kappa shape index (κ2) is 6.29. The first kappa shape index (κ1) is 15.8. The Bertz CT molecular complexity index is 1100. The summed E-state index contributed by atoms with van der Waals surface area (Å²) in [5.41, 5.74) is 4.58. The first-order valence-corrected chi connectivity index (χ1v) is 8.91. The van der Waals surface area contributed by atoms with Crippen LogP contribution in [0.3, 0.4) is 0 Å². The quantitative estimate of drug-likeness (QED) is 0.708. The normalized spacial score (nSPS) is 14.3. The lowest BCUT2D eigenvalue weighted by Gasteiger charge is -2.26. The first-order valence-electron chi connectivity index (χ1n) is 8.10. The molecule has 0 saturated carbocycles. The third-order valence-electron chi connectivity index (χ3n) is 4.44. The zero-order valence-electron chi connectivity index (χ0n) is 14.1. The number of aryl methyl sites for hydroxylation is 2. The number of fused-ring (bicyclic) bond motifs is 1. The first-order chi connectivity index (χ1) is 12.1. The number of benzene rings is 1. The molecule has 3 aromatic rings. The van der Waals surface area contributed by atoms with Crippen molar-refractivity contribution in [1.82, 2.24) is 9.55 Å². The van der Waals surface area contributed by atoms with E-state index in [0.717, 1.165) is 16.1 Å². The molecule has 0 atom stereocenters. The Kier molecular flexibility index (Phi) is 3.97. The van der Waals surface area contributed by atoms with E-state index >= 15 is 0 Å². The molecule has 4 rings (SSSR count). The standard InChI is InChI=1S/C19H18N4OS/c1-13-3-4-16(9-14(13)2)22-11-21-19-23(12-22)18(24)17(25-19)10-15-5-7-20-8-6-15/h3-10H,11-12H2,1-2H3. The van der Waals surface area contributed by atoms with E-state index in [0.29, 0.717) is 17.9 Å². The smallest absolute Gasteiger partial charge is 0.271 e. The molecule has 0 aliphatic carbocycles. The number of hydrogen-bond donors (Lipinski definition) is 0. The lowest BCUT2D eigenvalue weighted by Crippen LogP contribution is -2.42. The van der Waals surface area contributed by atoms with Gasteiger partial charge in [0.2, 0.25) is 0 Å². The summed E-state index contributed by atoms with van der Waals surface area (Å²) >= 11 is 1.44. The second-order valence-corrected chi connectivity index (χ2v) is 7.17. The molecule has 0 fully saturated rings. The van der Waals surface area contributed by atoms with Crippen LogP contribution in [0, 0.1) is 13.8 Å². The van der Waals surface area contributed by atoms with E-state index in [1.807, 2.05) is 18.2 Å². The predicted molar refractivity (Wildman–Crippen MR) is 100 cm³/mol. The zero-order valence-corrected chi connectivity index (χ0v) is 15.0. The molecular formula is C19H18N4OS. The third-order valence-corrected chi connectivity index (χ3v) is 5.48. The highest BCUT2D eigenvalue weighted by Crippen LogP contribution is 2.19. The molecule has 6 heteroatoms. The van der Waals surface area contributed by atoms with Gasteiger partial charge in [-0.3, -0.25) is 14.3 Å². The molecule has 0 unspecified atom stereocenters. The van der Waals surface area contributed by atoms with E-state index in [-0.39, 0.29) is 5.56 Å². The Morgan fingerprint density at radius 3 is 2.68 bits per heavy atom. The fourth-order valence-corrected chi connectivity index (χ4v) is 3.77. The van der Waals surface area contributed by atoms with Gasteiger partial charge in [0.15, 0.2) is 4.80 Å². The number of pyridine rings is 1. The number of rotatable bonds is 2. The average molecular weight is 350 g/mol. The molecule has 126 valence electrons. The van der Waals surface area contributed by atoms with Gasteiger partial charge in [0.25, 0.3) is 5.56 Å². The molecule has 1 aliphatic rings. The Morgan fingerprint density at radius 2 is 1.92 bits per heavy atom. The van der Waals surface area contributed by atoms with Gasteiger partial charge < -0.3 is 4.90 Å². The van der Waals surface area contributed by atoms with Crippen molar-refractivity contribution in [1.29, 1.82) is 0 Å². The summed E-state index contributed by atoms with van der Waals surface area (Å²) in [6.07, 6.45) is 5.35. The highest BCUT2D eigenvalue weighted by Gasteiger charge is 2.16. The van der Waals surface area contributed by atoms with Crippen LogP contribution in [0.2, 0.25) is 0 Å². The van der Waals surface area contributed by atoms with Crippen LogP contribution < -0.4 is 19.8 Å². The summed E-state index contributed by atoms with van der Waals surface area (Å²) in [4.78, 5) is 24.3. The highest BCUT2D eigenvalue weighted by molar-refractivity contribution is 7.07. The molecule has 5 nitrogen and oxygen atoms in total. The predicted octanol–water partition coefficient (Wildman–Crippen LogP) is 1.81. The van der Waals surface area contributed by atoms with Crippen LogP contribution in [-0.4, -0.2) is 16.2 Å². The number of nitrogens with zero attached hydrogens (tertiary/aromatic N) is 4. The van der Waals surface area contributed by atoms with Gasteiger partial charge in [-0.2, -0.15) is 0 Å². The summed E-state index contributed by atoms with van der Waals surface area (Å²) in [7, 11) is 0. The molecule has 1 aromatic carbocycles. The lowest BCUT2D eigenvalue weighted by atomic mass is 10.1. The number of anilines is 1. The van der Waals surface area contributed by atoms with E-state index in [4.69, 9.17) is 0 Å². The van der Waals surface area contributed by atoms with Gasteiger partial charge in [-0.1, -0.05) is 17.4 Å². The van der Waals surface area contributed by atoms with Crippen molar-refractivity contribution in [3.8, 4) is 0 Å². The molecule has 0 bridgehead atoms. The highest BCUT2D eigenvalue weighted by atomic mass is 32.1. The minimum absolute atomic E-state index is 0.00842. The second-order valence-electron chi connectivity index (χ2n) is 6.16. The van der Waals surface area contributed by atoms with Crippen molar-refractivity contribution in [3.63, 3.8) is 0 Å². The van der Waals surface area contributed by atoms with E-state index in [1.165, 1.54) is 22.5 Å². The van der Waals surface area contributed by atoms with E-state index in [1.54, 1.807) is 17.0 Å². The molecule has 0 radical (unpaired) electrons. The van der Waals surface area contributed by atoms with Crippen molar-refractivity contribution < 1.29 is 0 Å². The van der Waals surface area contributed by atoms with Crippen LogP contribution in [0.25, 0.3) is 6.08 Å². The Morgan fingerprint density at radius 1 is 1.12 bits per heavy atom. The topological polar surface area (TPSA) is 50.5 Å². The molecule has 25 heavy (non-hydrogen) atoms. The summed E-state index contributed by atoms with van der Waals surface area (Å²) in [6, 6.07) is 10.1. The van der Waals surface area contributed by atoms with Crippen molar-refractivity contribution in [2.24, 2.45) is 4.99 Å². The number of thiazole rings is 1. The van der Waals surface area contributed by atoms with Crippen molar-refractivity contribution in [2.45, 2.75) is 20.5 Å². The molecule has 0 spiro atoms. The van der Waals surface area contributed by atoms with E-state index in [9.17, 15) is 4.79 Å². The van der Waals surface area contributed by atoms with Crippen molar-refractivity contribution in [2.75, 3.05) is 11.6 Å². The van der Waals surface area contributed by atoms with Gasteiger partial charge >= 0.3 is 0 Å². The number of aromatic nitrogens is 2. The Balaban J connectivity index is 1.72. The van der Waals surface area contributed by atoms with Crippen LogP contribution in [0.5, 0.6) is 0 Å². The van der Waals surface area contributed by atoms with E-state index in [2.05, 4.69) is 46.9 Å². The summed E-state index contributed by atoms with van der Waals surface area (Å²) in [5, 5.41) is 0. The Hall–Kier alpha value is -2.73. The summed E-state index contributed by atoms with van der Waals surface area (Å²) in [5.74, 6) is 0. The van der Waals surface area contributed by atoms with Gasteiger partial charge in [-0.25, -0.2) is 4.99 Å². The molecular weight excluding hydrogens is 332 g/mol. The molecule has 3 heterocycles. The zero-order chi connectivity index (χ0) is 17.4. The maximum atomic E-state index is 12.8. The SMILES string of the molecule is Cc1ccc(N2CN=c3sc(=Cc4ccncc4)c(=O)n3C2)cc1C. The van der Waals surface area contributed by atoms with Crippen molar-refractivity contribution >= 4 is 23.1 Å². The van der Waals surface area contributed by atoms with Crippen LogP contribution in [0.1, 0.15) is 16.7 Å². The number of hydrogen-bond acceptors (Lipinski definition) is 5. The third kappa shape index (κ3) is 3.00. The maximum Gasteiger partial charge on any atom is 0.271 e. The van der Waals surface area contributed by atoms with Crippen LogP contribution in [-0.2, 0) is 6.67 Å². The van der Waals surface area contributed by atoms with Crippen LogP contribution in [0.4, 0.5) is 5.69 Å². The maximum absolute atomic E-state index is 12.8. The van der Waals surface area contributed by atoms with Gasteiger partial charge in [-0.05, 0) is 60.9 Å². The van der Waals surface area contributed by atoms with Crippen LogP contribution in [0.15, 0.2) is 52.5 Å². The monoisotopic (exact) mass is 350 g/mol. The van der Waals surface area contributed by atoms with Crippen LogP contribution >= 0.6 is 11.3 Å². The fourth-order valence-electron chi connectivity index (χ4n) is 2.81. The minimum atomic E-state index is 0.00842.